The lowest BCUT2D eigenvalue weighted by molar-refractivity contribution is 0.00647. The van der Waals surface area contributed by atoms with Gasteiger partial charge >= 0.3 is 0 Å². The molecule has 2 aromatic carbocycles. The summed E-state index contributed by atoms with van der Waals surface area (Å²) < 4.78 is 0. The molecule has 1 aliphatic rings. The second kappa shape index (κ2) is 6.11. The van der Waals surface area contributed by atoms with Crippen LogP contribution in [0.2, 0.25) is 0 Å². The molecule has 1 saturated heterocycles. The fourth-order valence-corrected chi connectivity index (χ4v) is 3.39. The topological polar surface area (TPSA) is 49.5 Å². The quantitative estimate of drug-likeness (QED) is 0.853. The minimum atomic E-state index is -0.734. The first-order valence-electron chi connectivity index (χ1n) is 7.96. The van der Waals surface area contributed by atoms with Crippen LogP contribution in [-0.2, 0) is 12.0 Å². The largest absolute Gasteiger partial charge is 0.399 e. The third kappa shape index (κ3) is 2.87. The minimum absolute atomic E-state index is 0.128. The lowest BCUT2D eigenvalue weighted by atomic mass is 9.87. The lowest BCUT2D eigenvalue weighted by Gasteiger charge is -2.32. The van der Waals surface area contributed by atoms with E-state index in [0.29, 0.717) is 0 Å². The van der Waals surface area contributed by atoms with Gasteiger partial charge in [0.05, 0.1) is 0 Å². The van der Waals surface area contributed by atoms with E-state index >= 15 is 0 Å². The number of benzene rings is 2. The Kier molecular flexibility index (Phi) is 4.19. The van der Waals surface area contributed by atoms with E-state index in [1.807, 2.05) is 42.5 Å². The summed E-state index contributed by atoms with van der Waals surface area (Å²) in [5, 5.41) is 11.1. The summed E-state index contributed by atoms with van der Waals surface area (Å²) in [5.74, 6) is 0. The summed E-state index contributed by atoms with van der Waals surface area (Å²) in [4.78, 5) is 2.38. The summed E-state index contributed by atoms with van der Waals surface area (Å²) in [6.07, 6.45) is 1.77. The van der Waals surface area contributed by atoms with E-state index in [9.17, 15) is 5.11 Å². The van der Waals surface area contributed by atoms with Gasteiger partial charge in [0.15, 0.2) is 0 Å². The Bertz CT molecular complexity index is 611. The molecular formula is C19H24N2O. The predicted molar refractivity (Wildman–Crippen MR) is 90.5 cm³/mol. The standard InChI is InChI=1S/C19H24N2O/c1-15-19(22,17-5-3-2-4-6-17)12-14-21(15)13-11-16-7-9-18(20)10-8-16/h2-10,15,22H,11-14,20H2,1H3. The third-order valence-electron chi connectivity index (χ3n) is 4.96. The van der Waals surface area contributed by atoms with Crippen LogP contribution in [0.4, 0.5) is 5.69 Å². The van der Waals surface area contributed by atoms with Crippen LogP contribution in [0.1, 0.15) is 24.5 Å². The van der Waals surface area contributed by atoms with Crippen molar-refractivity contribution in [2.24, 2.45) is 0 Å². The first-order chi connectivity index (χ1) is 10.6. The van der Waals surface area contributed by atoms with Gasteiger partial charge in [0.2, 0.25) is 0 Å². The Morgan fingerprint density at radius 2 is 1.82 bits per heavy atom. The summed E-state index contributed by atoms with van der Waals surface area (Å²) >= 11 is 0. The Morgan fingerprint density at radius 3 is 2.50 bits per heavy atom. The van der Waals surface area contributed by atoms with Crippen LogP contribution in [0.25, 0.3) is 0 Å². The van der Waals surface area contributed by atoms with Gasteiger partial charge in [0.25, 0.3) is 0 Å². The molecule has 0 amide bonds. The van der Waals surface area contributed by atoms with Crippen LogP contribution in [0.15, 0.2) is 54.6 Å². The number of hydrogen-bond acceptors (Lipinski definition) is 3. The van der Waals surface area contributed by atoms with E-state index in [1.54, 1.807) is 0 Å². The third-order valence-corrected chi connectivity index (χ3v) is 4.96. The van der Waals surface area contributed by atoms with Crippen molar-refractivity contribution in [3.63, 3.8) is 0 Å². The second-order valence-corrected chi connectivity index (χ2v) is 6.24. The van der Waals surface area contributed by atoms with Crippen LogP contribution in [0.5, 0.6) is 0 Å². The zero-order valence-corrected chi connectivity index (χ0v) is 13.1. The number of anilines is 1. The number of likely N-dealkylation sites (tertiary alicyclic amines) is 1. The monoisotopic (exact) mass is 296 g/mol. The van der Waals surface area contributed by atoms with E-state index in [1.165, 1.54) is 5.56 Å². The Morgan fingerprint density at radius 1 is 1.14 bits per heavy atom. The van der Waals surface area contributed by atoms with Crippen LogP contribution in [-0.4, -0.2) is 29.1 Å². The zero-order chi connectivity index (χ0) is 15.6. The zero-order valence-electron chi connectivity index (χ0n) is 13.1. The highest BCUT2D eigenvalue weighted by atomic mass is 16.3. The molecule has 0 bridgehead atoms. The molecule has 1 aliphatic heterocycles. The molecular weight excluding hydrogens is 272 g/mol. The highest BCUT2D eigenvalue weighted by Gasteiger charge is 2.44. The van der Waals surface area contributed by atoms with E-state index in [2.05, 4.69) is 24.0 Å². The van der Waals surface area contributed by atoms with E-state index in [0.717, 1.165) is 37.2 Å². The number of nitrogens with zero attached hydrogens (tertiary/aromatic N) is 1. The molecule has 2 atom stereocenters. The van der Waals surface area contributed by atoms with Crippen molar-refractivity contribution in [3.8, 4) is 0 Å². The molecule has 1 heterocycles. The molecule has 0 saturated carbocycles. The molecule has 3 rings (SSSR count). The molecule has 22 heavy (non-hydrogen) atoms. The summed E-state index contributed by atoms with van der Waals surface area (Å²) in [6, 6.07) is 18.2. The average molecular weight is 296 g/mol. The summed E-state index contributed by atoms with van der Waals surface area (Å²) in [6.45, 7) is 4.02. The number of rotatable bonds is 4. The molecule has 116 valence electrons. The van der Waals surface area contributed by atoms with E-state index in [4.69, 9.17) is 5.73 Å². The van der Waals surface area contributed by atoms with Gasteiger partial charge in [-0.1, -0.05) is 42.5 Å². The van der Waals surface area contributed by atoms with Crippen molar-refractivity contribution in [1.82, 2.24) is 4.90 Å². The van der Waals surface area contributed by atoms with Crippen molar-refractivity contribution >= 4 is 5.69 Å². The van der Waals surface area contributed by atoms with Gasteiger partial charge < -0.3 is 10.8 Å². The van der Waals surface area contributed by atoms with Crippen molar-refractivity contribution in [3.05, 3.63) is 65.7 Å². The number of nitrogen functional groups attached to an aromatic ring is 1. The first-order valence-corrected chi connectivity index (χ1v) is 7.96. The maximum atomic E-state index is 11.1. The number of hydrogen-bond donors (Lipinski definition) is 2. The Labute approximate surface area is 132 Å². The van der Waals surface area contributed by atoms with Gasteiger partial charge in [0.1, 0.15) is 5.60 Å². The Balaban J connectivity index is 1.66. The van der Waals surface area contributed by atoms with Gasteiger partial charge in [-0.15, -0.1) is 0 Å². The van der Waals surface area contributed by atoms with Gasteiger partial charge in [-0.25, -0.2) is 0 Å². The smallest absolute Gasteiger partial charge is 0.106 e. The molecule has 2 aromatic rings. The highest BCUT2D eigenvalue weighted by Crippen LogP contribution is 2.37. The summed E-state index contributed by atoms with van der Waals surface area (Å²) in [5.41, 5.74) is 8.11. The maximum Gasteiger partial charge on any atom is 0.106 e. The molecule has 2 unspecified atom stereocenters. The van der Waals surface area contributed by atoms with Crippen LogP contribution >= 0.6 is 0 Å². The normalized spacial score (nSPS) is 25.5. The maximum absolute atomic E-state index is 11.1. The van der Waals surface area contributed by atoms with Gasteiger partial charge in [0, 0.05) is 24.8 Å². The van der Waals surface area contributed by atoms with E-state index in [-0.39, 0.29) is 6.04 Å². The number of aliphatic hydroxyl groups is 1. The average Bonchev–Trinajstić information content (AvgIpc) is 2.84. The predicted octanol–water partition coefficient (Wildman–Crippen LogP) is 2.79. The molecule has 3 N–H and O–H groups in total. The van der Waals surface area contributed by atoms with Gasteiger partial charge in [-0.2, -0.15) is 0 Å². The van der Waals surface area contributed by atoms with Crippen LogP contribution < -0.4 is 5.73 Å². The lowest BCUT2D eigenvalue weighted by Crippen LogP contribution is -2.41. The van der Waals surface area contributed by atoms with Gasteiger partial charge in [-0.3, -0.25) is 4.90 Å². The van der Waals surface area contributed by atoms with E-state index < -0.39 is 5.60 Å². The molecule has 0 radical (unpaired) electrons. The molecule has 0 aliphatic carbocycles. The van der Waals surface area contributed by atoms with Crippen LogP contribution in [0, 0.1) is 0 Å². The molecule has 1 fully saturated rings. The van der Waals surface area contributed by atoms with Crippen molar-refractivity contribution < 1.29 is 5.11 Å². The summed E-state index contributed by atoms with van der Waals surface area (Å²) in [7, 11) is 0. The fourth-order valence-electron chi connectivity index (χ4n) is 3.39. The van der Waals surface area contributed by atoms with Crippen molar-refractivity contribution in [2.45, 2.75) is 31.4 Å². The molecule has 3 heteroatoms. The van der Waals surface area contributed by atoms with Crippen molar-refractivity contribution in [1.29, 1.82) is 0 Å². The highest BCUT2D eigenvalue weighted by molar-refractivity contribution is 5.39. The fraction of sp³-hybridized carbons (Fsp3) is 0.368. The molecule has 3 nitrogen and oxygen atoms in total. The van der Waals surface area contributed by atoms with Gasteiger partial charge in [-0.05, 0) is 43.0 Å². The van der Waals surface area contributed by atoms with Crippen LogP contribution in [0.3, 0.4) is 0 Å². The molecule has 0 spiro atoms. The second-order valence-electron chi connectivity index (χ2n) is 6.24. The van der Waals surface area contributed by atoms with Crippen molar-refractivity contribution in [2.75, 3.05) is 18.8 Å². The number of nitrogens with two attached hydrogens (primary N) is 1. The minimum Gasteiger partial charge on any atom is -0.399 e. The molecule has 0 aromatic heterocycles. The first kappa shape index (κ1) is 15.1. The SMILES string of the molecule is CC1N(CCc2ccc(N)cc2)CCC1(O)c1ccccc1. The Hall–Kier alpha value is -1.84.